The summed E-state index contributed by atoms with van der Waals surface area (Å²) in [6.45, 7) is 21.0. The summed E-state index contributed by atoms with van der Waals surface area (Å²) in [5.74, 6) is 0. The van der Waals surface area contributed by atoms with E-state index in [4.69, 9.17) is 0 Å². The molecule has 0 aromatic rings. The molecular weight excluding hydrogens is 509 g/mol. The quantitative estimate of drug-likeness (QED) is 0.264. The fraction of sp³-hybridized carbons (Fsp3) is 1.00. The van der Waals surface area contributed by atoms with Gasteiger partial charge in [-0.2, -0.15) is 0 Å². The molecule has 6 radical (unpaired) electrons. The van der Waals surface area contributed by atoms with E-state index in [1.807, 2.05) is 0 Å². The van der Waals surface area contributed by atoms with E-state index in [9.17, 15) is 0 Å². The normalized spacial score (nSPS) is 9.82. The van der Waals surface area contributed by atoms with Crippen LogP contribution in [0.4, 0.5) is 0 Å². The monoisotopic (exact) mass is 558 g/mol. The molecule has 0 aromatic carbocycles. The van der Waals surface area contributed by atoms with Gasteiger partial charge in [0.2, 0.25) is 0 Å². The first-order chi connectivity index (χ1) is 10.0. The summed E-state index contributed by atoms with van der Waals surface area (Å²) in [7, 11) is 0. The molecule has 0 aliphatic heterocycles. The molecule has 134 valence electrons. The van der Waals surface area contributed by atoms with Crippen molar-refractivity contribution in [3.8, 4) is 0 Å². The molecule has 0 N–H and O–H groups in total. The van der Waals surface area contributed by atoms with Gasteiger partial charge >= 0.3 is 153 Å². The van der Waals surface area contributed by atoms with E-state index in [0.717, 1.165) is 0 Å². The van der Waals surface area contributed by atoms with E-state index in [2.05, 4.69) is 62.3 Å². The van der Waals surface area contributed by atoms with Crippen LogP contribution in [0.5, 0.6) is 0 Å². The third-order valence-corrected chi connectivity index (χ3v) is 23.4. The largest absolute Gasteiger partial charge is 0 e. The van der Waals surface area contributed by atoms with Crippen molar-refractivity contribution >= 4 is 61.0 Å². The van der Waals surface area contributed by atoms with Gasteiger partial charge in [-0.25, -0.2) is 0 Å². The van der Waals surface area contributed by atoms with Gasteiger partial charge in [0.15, 0.2) is 0 Å². The second-order valence-corrected chi connectivity index (χ2v) is 28.2. The average Bonchev–Trinajstić information content (AvgIpc) is 2.54. The Morgan fingerprint density at radius 3 is 0.409 bits per heavy atom. The van der Waals surface area contributed by atoms with E-state index < -0.39 is 43.0 Å². The molecule has 0 aliphatic rings. The van der Waals surface area contributed by atoms with Crippen molar-refractivity contribution in [1.29, 1.82) is 0 Å². The fourth-order valence-electron chi connectivity index (χ4n) is 2.25. The molecule has 0 aliphatic carbocycles. The zero-order valence-corrected chi connectivity index (χ0v) is 25.5. The minimum atomic E-state index is -0.403. The van der Waals surface area contributed by atoms with E-state index in [0.29, 0.717) is 0 Å². The zero-order chi connectivity index (χ0) is 17.1. The zero-order valence-electron chi connectivity index (χ0n) is 17.3. The SMILES string of the molecule is C[CH2][Ge]([CH2]C)[CH2]C.C[CH2][Ge]([CH2]C)[CH2]C.C[CH2][Ge]([CH2]C)[CH2]C.[As]. The van der Waals surface area contributed by atoms with Gasteiger partial charge in [-0.15, -0.1) is 0 Å². The van der Waals surface area contributed by atoms with Crippen molar-refractivity contribution in [3.63, 3.8) is 0 Å². The Labute approximate surface area is 169 Å². The maximum absolute atomic E-state index is 2.34. The van der Waals surface area contributed by atoms with Crippen LogP contribution in [-0.4, -0.2) is 61.0 Å². The molecule has 0 saturated heterocycles. The molecule has 4 heteroatoms. The predicted molar refractivity (Wildman–Crippen MR) is 117 cm³/mol. The van der Waals surface area contributed by atoms with Crippen LogP contribution < -0.4 is 0 Å². The number of hydrogen-bond acceptors (Lipinski definition) is 0. The minimum Gasteiger partial charge on any atom is 0 e. The number of hydrogen-bond donors (Lipinski definition) is 0. The smallest absolute Gasteiger partial charge is 0 e. The molecule has 0 fully saturated rings. The Hall–Kier alpha value is 2.19. The van der Waals surface area contributed by atoms with Gasteiger partial charge in [0, 0.05) is 18.0 Å². The van der Waals surface area contributed by atoms with Crippen molar-refractivity contribution in [2.24, 2.45) is 0 Å². The van der Waals surface area contributed by atoms with Crippen LogP contribution in [0.25, 0.3) is 0 Å². The standard InChI is InChI=1S/3C6H15Ge.As/c3*1-4-7(5-2)6-3;/h3*4-6H2,1-3H3;. The summed E-state index contributed by atoms with van der Waals surface area (Å²) in [6.07, 6.45) is 0. The topological polar surface area (TPSA) is 0 Å². The molecule has 0 atom stereocenters. The summed E-state index contributed by atoms with van der Waals surface area (Å²) < 4.78 is 0. The fourth-order valence-corrected chi connectivity index (χ4v) is 11.7. The molecule has 0 aromatic heterocycles. The van der Waals surface area contributed by atoms with Gasteiger partial charge in [0.25, 0.3) is 0 Å². The van der Waals surface area contributed by atoms with Gasteiger partial charge in [-0.1, -0.05) is 0 Å². The van der Waals surface area contributed by atoms with E-state index >= 15 is 0 Å². The van der Waals surface area contributed by atoms with Crippen LogP contribution in [0.15, 0.2) is 0 Å². The summed E-state index contributed by atoms with van der Waals surface area (Å²) in [5, 5.41) is 13.7. The Morgan fingerprint density at radius 2 is 0.409 bits per heavy atom. The third-order valence-electron chi connectivity index (χ3n) is 4.50. The van der Waals surface area contributed by atoms with Gasteiger partial charge in [-0.05, 0) is 0 Å². The van der Waals surface area contributed by atoms with Crippen LogP contribution in [0, 0.1) is 0 Å². The molecule has 0 unspecified atom stereocenters. The molecule has 0 amide bonds. The van der Waals surface area contributed by atoms with Crippen molar-refractivity contribution in [3.05, 3.63) is 0 Å². The van der Waals surface area contributed by atoms with Crippen molar-refractivity contribution in [1.82, 2.24) is 0 Å². The Morgan fingerprint density at radius 1 is 0.318 bits per heavy atom. The molecule has 22 heavy (non-hydrogen) atoms. The van der Waals surface area contributed by atoms with Crippen LogP contribution >= 0.6 is 0 Å². The summed E-state index contributed by atoms with van der Waals surface area (Å²) in [6, 6.07) is 0. The van der Waals surface area contributed by atoms with Crippen molar-refractivity contribution in [2.45, 2.75) is 110 Å². The summed E-state index contributed by atoms with van der Waals surface area (Å²) >= 11 is -1.21. The van der Waals surface area contributed by atoms with Crippen LogP contribution in [0.3, 0.4) is 0 Å². The Balaban J connectivity index is -0.000000108. The van der Waals surface area contributed by atoms with E-state index in [1.165, 1.54) is 47.3 Å². The first kappa shape index (κ1) is 31.9. The molecule has 0 nitrogen and oxygen atoms in total. The molecule has 0 saturated carbocycles. The third kappa shape index (κ3) is 24.4. The summed E-state index contributed by atoms with van der Waals surface area (Å²) in [5.41, 5.74) is 0. The average molecular weight is 554 g/mol. The minimum absolute atomic E-state index is 0. The first-order valence-electron chi connectivity index (χ1n) is 9.55. The number of rotatable bonds is 9. The molecule has 0 spiro atoms. The predicted octanol–water partition coefficient (Wildman–Crippen LogP) is 7.24. The molecule has 0 heterocycles. The van der Waals surface area contributed by atoms with Crippen molar-refractivity contribution < 1.29 is 0 Å². The maximum atomic E-state index is 2.34. The van der Waals surface area contributed by atoms with E-state index in [-0.39, 0.29) is 18.0 Å². The van der Waals surface area contributed by atoms with Gasteiger partial charge in [0.05, 0.1) is 0 Å². The van der Waals surface area contributed by atoms with Gasteiger partial charge in [-0.3, -0.25) is 0 Å². The van der Waals surface area contributed by atoms with Crippen molar-refractivity contribution in [2.75, 3.05) is 0 Å². The molecule has 0 rings (SSSR count). The second-order valence-electron chi connectivity index (χ2n) is 5.43. The van der Waals surface area contributed by atoms with Gasteiger partial charge in [0.1, 0.15) is 0 Å². The second kappa shape index (κ2) is 28.0. The van der Waals surface area contributed by atoms with Crippen LogP contribution in [0.2, 0.25) is 47.3 Å². The molecule has 0 bridgehead atoms. The van der Waals surface area contributed by atoms with Crippen LogP contribution in [-0.2, 0) is 0 Å². The summed E-state index contributed by atoms with van der Waals surface area (Å²) in [4.78, 5) is 0. The Kier molecular flexibility index (Phi) is 40.6. The van der Waals surface area contributed by atoms with E-state index in [1.54, 1.807) is 0 Å². The van der Waals surface area contributed by atoms with Gasteiger partial charge < -0.3 is 0 Å². The maximum Gasteiger partial charge on any atom is 0 e. The van der Waals surface area contributed by atoms with Crippen LogP contribution in [0.1, 0.15) is 62.3 Å². The molecular formula is C18H45AsGe3. The Bertz CT molecular complexity index is 111. The first-order valence-corrected chi connectivity index (χ1v) is 22.9.